The number of nitrogens with one attached hydrogen (secondary N) is 1. The monoisotopic (exact) mass is 252 g/mol. The molecule has 1 fully saturated rings. The Balaban J connectivity index is 1.78. The highest BCUT2D eigenvalue weighted by molar-refractivity contribution is 5.82. The number of amides is 2. The summed E-state index contributed by atoms with van der Waals surface area (Å²) in [5, 5.41) is 2.66. The van der Waals surface area contributed by atoms with Crippen molar-refractivity contribution >= 4 is 12.0 Å². The van der Waals surface area contributed by atoms with Crippen molar-refractivity contribution in [2.24, 2.45) is 0 Å². The zero-order valence-corrected chi connectivity index (χ0v) is 9.69. The highest BCUT2D eigenvalue weighted by Crippen LogP contribution is 2.03. The first-order valence-corrected chi connectivity index (χ1v) is 5.58. The van der Waals surface area contributed by atoms with Gasteiger partial charge in [-0.05, 0) is 17.7 Å². The van der Waals surface area contributed by atoms with Gasteiger partial charge in [0, 0.05) is 6.54 Å². The van der Waals surface area contributed by atoms with Gasteiger partial charge in [0.15, 0.2) is 0 Å². The van der Waals surface area contributed by atoms with Crippen LogP contribution in [-0.4, -0.2) is 36.6 Å². The maximum Gasteiger partial charge on any atom is 0.410 e. The maximum atomic E-state index is 12.7. The van der Waals surface area contributed by atoms with Crippen molar-refractivity contribution in [2.75, 3.05) is 19.7 Å². The average molecular weight is 252 g/mol. The second kappa shape index (κ2) is 5.48. The minimum absolute atomic E-state index is 0.0139. The van der Waals surface area contributed by atoms with Crippen LogP contribution in [0.4, 0.5) is 9.18 Å². The smallest absolute Gasteiger partial charge is 0.410 e. The lowest BCUT2D eigenvalue weighted by Crippen LogP contribution is -2.37. The third kappa shape index (κ3) is 3.19. The summed E-state index contributed by atoms with van der Waals surface area (Å²) in [5.74, 6) is -0.580. The molecule has 1 N–H and O–H groups in total. The number of nitrogens with zero attached hydrogens (tertiary/aromatic N) is 1. The quantitative estimate of drug-likeness (QED) is 0.866. The predicted molar refractivity (Wildman–Crippen MR) is 61.2 cm³/mol. The van der Waals surface area contributed by atoms with E-state index in [9.17, 15) is 14.0 Å². The Morgan fingerprint density at radius 3 is 2.72 bits per heavy atom. The number of ether oxygens (including phenoxy) is 1. The lowest BCUT2D eigenvalue weighted by molar-refractivity contribution is -0.121. The third-order valence-electron chi connectivity index (χ3n) is 2.58. The summed E-state index contributed by atoms with van der Waals surface area (Å²) in [6.07, 6.45) is -0.466. The second-order valence-corrected chi connectivity index (χ2v) is 3.94. The molecule has 1 aromatic rings. The first kappa shape index (κ1) is 12.3. The van der Waals surface area contributed by atoms with E-state index in [-0.39, 0.29) is 18.3 Å². The first-order chi connectivity index (χ1) is 8.65. The Labute approximate surface area is 104 Å². The van der Waals surface area contributed by atoms with E-state index in [4.69, 9.17) is 4.74 Å². The zero-order chi connectivity index (χ0) is 13.0. The van der Waals surface area contributed by atoms with Crippen LogP contribution in [0.15, 0.2) is 24.3 Å². The van der Waals surface area contributed by atoms with E-state index < -0.39 is 6.09 Å². The molecule has 1 aliphatic heterocycles. The van der Waals surface area contributed by atoms with Gasteiger partial charge in [-0.2, -0.15) is 0 Å². The van der Waals surface area contributed by atoms with E-state index in [2.05, 4.69) is 5.32 Å². The minimum Gasteiger partial charge on any atom is -0.448 e. The zero-order valence-electron chi connectivity index (χ0n) is 9.69. The van der Waals surface area contributed by atoms with Crippen LogP contribution < -0.4 is 5.32 Å². The van der Waals surface area contributed by atoms with Crippen LogP contribution in [0, 0.1) is 5.82 Å². The van der Waals surface area contributed by atoms with Gasteiger partial charge in [0.25, 0.3) is 0 Å². The molecule has 0 unspecified atom stereocenters. The number of rotatable bonds is 4. The summed E-state index contributed by atoms with van der Waals surface area (Å²) < 4.78 is 17.4. The van der Waals surface area contributed by atoms with E-state index in [0.717, 1.165) is 5.56 Å². The molecular formula is C12H13FN2O3. The highest BCUT2D eigenvalue weighted by atomic mass is 19.1. The Morgan fingerprint density at radius 2 is 2.11 bits per heavy atom. The Bertz CT molecular complexity index is 447. The summed E-state index contributed by atoms with van der Waals surface area (Å²) in [6.45, 7) is 1.05. The van der Waals surface area contributed by atoms with E-state index in [1.54, 1.807) is 12.1 Å². The molecule has 0 radical (unpaired) electrons. The van der Waals surface area contributed by atoms with E-state index in [1.807, 2.05) is 0 Å². The topological polar surface area (TPSA) is 58.6 Å². The van der Waals surface area contributed by atoms with Gasteiger partial charge in [0.2, 0.25) is 5.91 Å². The Hall–Kier alpha value is -2.11. The normalized spacial score (nSPS) is 14.5. The van der Waals surface area contributed by atoms with Gasteiger partial charge >= 0.3 is 6.09 Å². The number of cyclic esters (lactones) is 1. The van der Waals surface area contributed by atoms with E-state index in [1.165, 1.54) is 17.0 Å². The second-order valence-electron chi connectivity index (χ2n) is 3.94. The SMILES string of the molecule is O=C(CN1CCOC1=O)NCc1ccc(F)cc1. The summed E-state index contributed by atoms with van der Waals surface area (Å²) in [6, 6.07) is 5.86. The molecule has 18 heavy (non-hydrogen) atoms. The number of hydrogen-bond donors (Lipinski definition) is 1. The number of halogens is 1. The number of carbonyl (C=O) groups is 2. The molecule has 6 heteroatoms. The van der Waals surface area contributed by atoms with E-state index >= 15 is 0 Å². The molecule has 0 aromatic heterocycles. The van der Waals surface area contributed by atoms with Gasteiger partial charge in [-0.25, -0.2) is 9.18 Å². The molecule has 1 aromatic carbocycles. The van der Waals surface area contributed by atoms with E-state index in [0.29, 0.717) is 19.7 Å². The van der Waals surface area contributed by atoms with Crippen LogP contribution >= 0.6 is 0 Å². The largest absolute Gasteiger partial charge is 0.448 e. The van der Waals surface area contributed by atoms with Gasteiger partial charge in [0.1, 0.15) is 19.0 Å². The Morgan fingerprint density at radius 1 is 1.39 bits per heavy atom. The molecule has 0 spiro atoms. The summed E-state index contributed by atoms with van der Waals surface area (Å²) >= 11 is 0. The fourth-order valence-electron chi connectivity index (χ4n) is 1.60. The molecule has 0 saturated carbocycles. The van der Waals surface area contributed by atoms with Crippen molar-refractivity contribution < 1.29 is 18.7 Å². The standard InChI is InChI=1S/C12H13FN2O3/c13-10-3-1-9(2-4-10)7-14-11(16)8-15-5-6-18-12(15)17/h1-4H,5-8H2,(H,14,16). The number of hydrogen-bond acceptors (Lipinski definition) is 3. The maximum absolute atomic E-state index is 12.7. The van der Waals surface area contributed by atoms with Crippen molar-refractivity contribution in [1.82, 2.24) is 10.2 Å². The summed E-state index contributed by atoms with van der Waals surface area (Å²) in [4.78, 5) is 24.0. The van der Waals surface area contributed by atoms with Gasteiger partial charge < -0.3 is 10.1 Å². The molecule has 2 amide bonds. The highest BCUT2D eigenvalue weighted by Gasteiger charge is 2.23. The van der Waals surface area contributed by atoms with Crippen LogP contribution in [0.2, 0.25) is 0 Å². The molecule has 1 heterocycles. The van der Waals surface area contributed by atoms with Gasteiger partial charge in [-0.3, -0.25) is 9.69 Å². The van der Waals surface area contributed by atoms with Crippen LogP contribution in [0.1, 0.15) is 5.56 Å². The molecule has 1 aliphatic rings. The molecular weight excluding hydrogens is 239 g/mol. The molecule has 96 valence electrons. The first-order valence-electron chi connectivity index (χ1n) is 5.58. The number of carbonyl (C=O) groups excluding carboxylic acids is 2. The lowest BCUT2D eigenvalue weighted by Gasteiger charge is -2.12. The summed E-state index contributed by atoms with van der Waals surface area (Å²) in [5.41, 5.74) is 0.800. The van der Waals surface area contributed by atoms with Crippen LogP contribution in [0.3, 0.4) is 0 Å². The van der Waals surface area contributed by atoms with Gasteiger partial charge in [0.05, 0.1) is 6.54 Å². The molecule has 0 aliphatic carbocycles. The molecule has 0 atom stereocenters. The molecule has 0 bridgehead atoms. The molecule has 2 rings (SSSR count). The van der Waals surface area contributed by atoms with Crippen molar-refractivity contribution in [2.45, 2.75) is 6.54 Å². The molecule has 1 saturated heterocycles. The van der Waals surface area contributed by atoms with Crippen molar-refractivity contribution in [1.29, 1.82) is 0 Å². The van der Waals surface area contributed by atoms with Crippen molar-refractivity contribution in [3.8, 4) is 0 Å². The fourth-order valence-corrected chi connectivity index (χ4v) is 1.60. The number of benzene rings is 1. The minimum atomic E-state index is -0.466. The fraction of sp³-hybridized carbons (Fsp3) is 0.333. The van der Waals surface area contributed by atoms with Crippen molar-refractivity contribution in [3.63, 3.8) is 0 Å². The summed E-state index contributed by atoms with van der Waals surface area (Å²) in [7, 11) is 0. The van der Waals surface area contributed by atoms with Gasteiger partial charge in [-0.1, -0.05) is 12.1 Å². The Kier molecular flexibility index (Phi) is 3.76. The lowest BCUT2D eigenvalue weighted by atomic mass is 10.2. The predicted octanol–water partition coefficient (Wildman–Crippen LogP) is 0.894. The third-order valence-corrected chi connectivity index (χ3v) is 2.58. The molecule has 5 nitrogen and oxygen atoms in total. The van der Waals surface area contributed by atoms with Gasteiger partial charge in [-0.15, -0.1) is 0 Å². The van der Waals surface area contributed by atoms with Crippen LogP contribution in [0.25, 0.3) is 0 Å². The van der Waals surface area contributed by atoms with Crippen LogP contribution in [-0.2, 0) is 16.1 Å². The van der Waals surface area contributed by atoms with Crippen molar-refractivity contribution in [3.05, 3.63) is 35.6 Å². The van der Waals surface area contributed by atoms with Crippen LogP contribution in [0.5, 0.6) is 0 Å². The average Bonchev–Trinajstić information content (AvgIpc) is 2.74.